The van der Waals surface area contributed by atoms with Gasteiger partial charge in [0.1, 0.15) is 6.04 Å². The Hall–Kier alpha value is -3.68. The van der Waals surface area contributed by atoms with Crippen molar-refractivity contribution in [3.05, 3.63) is 94.0 Å². The lowest BCUT2D eigenvalue weighted by Crippen LogP contribution is -2.46. The summed E-state index contributed by atoms with van der Waals surface area (Å²) in [5, 5.41) is 9.63. The van der Waals surface area contributed by atoms with Crippen LogP contribution in [0.2, 0.25) is 10.0 Å². The lowest BCUT2D eigenvalue weighted by Gasteiger charge is -2.33. The first kappa shape index (κ1) is 21.8. The number of fused-ring (bicyclic) bond motifs is 5. The molecular weight excluding hydrogens is 487 g/mol. The van der Waals surface area contributed by atoms with Crippen LogP contribution in [-0.2, 0) is 14.4 Å². The van der Waals surface area contributed by atoms with Gasteiger partial charge in [-0.3, -0.25) is 19.4 Å². The van der Waals surface area contributed by atoms with E-state index in [0.29, 0.717) is 15.7 Å². The van der Waals surface area contributed by atoms with Gasteiger partial charge in [-0.15, -0.1) is 0 Å². The first-order chi connectivity index (χ1) is 16.9. The number of imide groups is 1. The molecule has 3 aromatic rings. The van der Waals surface area contributed by atoms with Crippen LogP contribution in [0.1, 0.15) is 17.2 Å². The summed E-state index contributed by atoms with van der Waals surface area (Å²) >= 11 is 12.3. The number of carbonyl (C=O) groups excluding carboxylic acids is 3. The zero-order valence-electron chi connectivity index (χ0n) is 18.1. The van der Waals surface area contributed by atoms with Crippen molar-refractivity contribution in [1.29, 1.82) is 0 Å². The average Bonchev–Trinajstić information content (AvgIpc) is 3.31. The molecule has 35 heavy (non-hydrogen) atoms. The maximum atomic E-state index is 13.8. The molecule has 0 aliphatic carbocycles. The molecule has 3 aromatic carbocycles. The summed E-state index contributed by atoms with van der Waals surface area (Å²) < 4.78 is 0. The summed E-state index contributed by atoms with van der Waals surface area (Å²) in [4.78, 5) is 42.3. The first-order valence-corrected chi connectivity index (χ1v) is 11.8. The lowest BCUT2D eigenvalue weighted by molar-refractivity contribution is -0.129. The van der Waals surface area contributed by atoms with Crippen LogP contribution in [0.25, 0.3) is 0 Å². The Kier molecular flexibility index (Phi) is 5.12. The Morgan fingerprint density at radius 2 is 1.51 bits per heavy atom. The molecule has 9 heteroatoms. The van der Waals surface area contributed by atoms with Gasteiger partial charge in [-0.05, 0) is 41.5 Å². The third-order valence-electron chi connectivity index (χ3n) is 6.71. The minimum absolute atomic E-state index is 0.285. The van der Waals surface area contributed by atoms with Crippen molar-refractivity contribution in [2.45, 2.75) is 12.1 Å². The third kappa shape index (κ3) is 3.42. The topological polar surface area (TPSA) is 82.1 Å². The molecular formula is C26H18Cl2N4O3. The van der Waals surface area contributed by atoms with E-state index in [1.807, 2.05) is 30.3 Å². The van der Waals surface area contributed by atoms with Gasteiger partial charge >= 0.3 is 0 Å². The molecule has 3 amide bonds. The number of para-hydroxylation sites is 1. The molecule has 3 aliphatic rings. The van der Waals surface area contributed by atoms with Crippen molar-refractivity contribution in [3.8, 4) is 0 Å². The summed E-state index contributed by atoms with van der Waals surface area (Å²) in [7, 11) is 0. The van der Waals surface area contributed by atoms with E-state index in [9.17, 15) is 14.4 Å². The number of nitrogens with zero attached hydrogens (tertiary/aromatic N) is 3. The van der Waals surface area contributed by atoms with Gasteiger partial charge in [0.05, 0.1) is 29.8 Å². The highest BCUT2D eigenvalue weighted by molar-refractivity contribution is 6.36. The molecule has 0 bridgehead atoms. The fourth-order valence-electron chi connectivity index (χ4n) is 5.33. The van der Waals surface area contributed by atoms with Gasteiger partial charge < -0.3 is 5.32 Å². The van der Waals surface area contributed by atoms with Crippen LogP contribution in [-0.4, -0.2) is 35.0 Å². The first-order valence-electron chi connectivity index (χ1n) is 11.0. The fourth-order valence-corrected chi connectivity index (χ4v) is 5.84. The van der Waals surface area contributed by atoms with E-state index in [1.54, 1.807) is 35.5 Å². The number of nitrogens with one attached hydrogen (secondary N) is 1. The second-order valence-electron chi connectivity index (χ2n) is 8.69. The van der Waals surface area contributed by atoms with Crippen molar-refractivity contribution in [3.63, 3.8) is 0 Å². The van der Waals surface area contributed by atoms with E-state index in [1.165, 1.54) is 18.2 Å². The Morgan fingerprint density at radius 1 is 0.857 bits per heavy atom. The molecule has 6 rings (SSSR count). The number of hydrogen-bond donors (Lipinski definition) is 1. The molecule has 0 spiro atoms. The largest absolute Gasteiger partial charge is 0.324 e. The number of anilines is 2. The molecule has 0 radical (unpaired) electrons. The Morgan fingerprint density at radius 3 is 2.26 bits per heavy atom. The van der Waals surface area contributed by atoms with E-state index >= 15 is 0 Å². The quantitative estimate of drug-likeness (QED) is 0.532. The van der Waals surface area contributed by atoms with Crippen LogP contribution >= 0.6 is 23.2 Å². The molecule has 1 N–H and O–H groups in total. The van der Waals surface area contributed by atoms with Crippen molar-refractivity contribution in [2.24, 2.45) is 16.9 Å². The predicted octanol–water partition coefficient (Wildman–Crippen LogP) is 4.51. The summed E-state index contributed by atoms with van der Waals surface area (Å²) in [6, 6.07) is 19.6. The Balaban J connectivity index is 1.46. The predicted molar refractivity (Wildman–Crippen MR) is 133 cm³/mol. The molecule has 7 nitrogen and oxygen atoms in total. The van der Waals surface area contributed by atoms with Gasteiger partial charge in [0.2, 0.25) is 17.7 Å². The minimum Gasteiger partial charge on any atom is -0.324 e. The highest BCUT2D eigenvalue weighted by Gasteiger charge is 2.65. The van der Waals surface area contributed by atoms with Gasteiger partial charge in [0, 0.05) is 15.7 Å². The van der Waals surface area contributed by atoms with E-state index in [0.717, 1.165) is 16.0 Å². The summed E-state index contributed by atoms with van der Waals surface area (Å²) in [5.41, 5.74) is 2.57. The van der Waals surface area contributed by atoms with Gasteiger partial charge in [-0.2, -0.15) is 5.10 Å². The summed E-state index contributed by atoms with van der Waals surface area (Å²) in [6.45, 7) is 0. The van der Waals surface area contributed by atoms with Crippen molar-refractivity contribution >= 4 is 58.5 Å². The van der Waals surface area contributed by atoms with E-state index in [-0.39, 0.29) is 5.69 Å². The van der Waals surface area contributed by atoms with E-state index in [4.69, 9.17) is 23.2 Å². The van der Waals surface area contributed by atoms with Gasteiger partial charge in [-0.25, -0.2) is 4.90 Å². The SMILES string of the molecule is O=C(Nc1ccccc1)[C@@H]1[C@@H]2C(=O)N(c3cc(Cl)cc(Cl)c3)C(=O)[C@H]2[C@@H]2c3ccccc3C=NN12. The van der Waals surface area contributed by atoms with Crippen molar-refractivity contribution in [2.75, 3.05) is 10.2 Å². The second kappa shape index (κ2) is 8.22. The minimum atomic E-state index is -0.981. The van der Waals surface area contributed by atoms with Crippen LogP contribution in [0.5, 0.6) is 0 Å². The molecule has 2 saturated heterocycles. The monoisotopic (exact) mass is 504 g/mol. The van der Waals surface area contributed by atoms with Gasteiger partial charge in [0.25, 0.3) is 0 Å². The normalized spacial score (nSPS) is 24.3. The summed E-state index contributed by atoms with van der Waals surface area (Å²) in [5.74, 6) is -3.02. The van der Waals surface area contributed by atoms with Crippen molar-refractivity contribution in [1.82, 2.24) is 5.01 Å². The highest BCUT2D eigenvalue weighted by Crippen LogP contribution is 2.52. The molecule has 0 unspecified atom stereocenters. The molecule has 2 fully saturated rings. The maximum absolute atomic E-state index is 13.8. The zero-order chi connectivity index (χ0) is 24.3. The average molecular weight is 505 g/mol. The Labute approximate surface area is 210 Å². The Bertz CT molecular complexity index is 1390. The van der Waals surface area contributed by atoms with Crippen molar-refractivity contribution < 1.29 is 14.4 Å². The van der Waals surface area contributed by atoms with Crippen LogP contribution < -0.4 is 10.2 Å². The number of benzene rings is 3. The van der Waals surface area contributed by atoms with Crippen LogP contribution in [0.4, 0.5) is 11.4 Å². The lowest BCUT2D eigenvalue weighted by atomic mass is 9.85. The number of hydrazone groups is 1. The van der Waals surface area contributed by atoms with E-state index in [2.05, 4.69) is 10.4 Å². The van der Waals surface area contributed by atoms with Crippen LogP contribution in [0.3, 0.4) is 0 Å². The molecule has 3 heterocycles. The molecule has 0 saturated carbocycles. The van der Waals surface area contributed by atoms with Gasteiger partial charge in [0.15, 0.2) is 0 Å². The maximum Gasteiger partial charge on any atom is 0.249 e. The molecule has 174 valence electrons. The van der Waals surface area contributed by atoms with Crippen LogP contribution in [0.15, 0.2) is 77.9 Å². The second-order valence-corrected chi connectivity index (χ2v) is 9.56. The molecule has 3 aliphatic heterocycles. The zero-order valence-corrected chi connectivity index (χ0v) is 19.6. The number of halogens is 2. The molecule has 0 aromatic heterocycles. The van der Waals surface area contributed by atoms with Crippen LogP contribution in [0, 0.1) is 11.8 Å². The smallest absolute Gasteiger partial charge is 0.249 e. The number of carbonyl (C=O) groups is 3. The fraction of sp³-hybridized carbons (Fsp3) is 0.154. The number of rotatable bonds is 3. The number of hydrogen-bond acceptors (Lipinski definition) is 5. The standard InChI is InChI=1S/C26H18Cl2N4O3/c27-15-10-16(28)12-18(11-15)31-25(34)20-21(26(31)35)23(24(33)30-17-7-2-1-3-8-17)32-22(20)19-9-5-4-6-14(19)13-29-32/h1-13,20-23H,(H,30,33)/t20-,21-,22+,23+/m1/s1. The highest BCUT2D eigenvalue weighted by atomic mass is 35.5. The van der Waals surface area contributed by atoms with E-state index < -0.39 is 41.6 Å². The molecule has 4 atom stereocenters. The van der Waals surface area contributed by atoms with Gasteiger partial charge in [-0.1, -0.05) is 65.7 Å². The summed E-state index contributed by atoms with van der Waals surface area (Å²) in [6.07, 6.45) is 1.67. The number of amides is 3. The third-order valence-corrected chi connectivity index (χ3v) is 7.15.